The van der Waals surface area contributed by atoms with E-state index in [1.54, 1.807) is 34.4 Å². The largest absolute Gasteiger partial charge is 0.337 e. The number of hydrogen-bond acceptors (Lipinski definition) is 5. The number of amides is 1. The molecule has 26 heavy (non-hydrogen) atoms. The van der Waals surface area contributed by atoms with Gasteiger partial charge in [-0.1, -0.05) is 12.1 Å². The minimum Gasteiger partial charge on any atom is -0.337 e. The van der Waals surface area contributed by atoms with Gasteiger partial charge < -0.3 is 4.90 Å². The molecule has 1 aromatic heterocycles. The molecule has 6 nitrogen and oxygen atoms in total. The van der Waals surface area contributed by atoms with Crippen LogP contribution in [0.5, 0.6) is 0 Å². The highest BCUT2D eigenvalue weighted by molar-refractivity contribution is 7.89. The van der Waals surface area contributed by atoms with Gasteiger partial charge in [-0.05, 0) is 40.6 Å². The van der Waals surface area contributed by atoms with Crippen LogP contribution in [0.4, 0.5) is 0 Å². The number of sulfonamides is 1. The average Bonchev–Trinajstić information content (AvgIpc) is 3.19. The summed E-state index contributed by atoms with van der Waals surface area (Å²) in [6, 6.07) is 10.0. The first-order valence-corrected chi connectivity index (χ1v) is 10.4. The van der Waals surface area contributed by atoms with Gasteiger partial charge in [-0.3, -0.25) is 4.79 Å². The van der Waals surface area contributed by atoms with E-state index >= 15 is 0 Å². The molecular formula is C18H17N3O3S2. The highest BCUT2D eigenvalue weighted by Gasteiger charge is 2.31. The van der Waals surface area contributed by atoms with E-state index in [1.165, 1.54) is 22.5 Å². The van der Waals surface area contributed by atoms with Crippen molar-refractivity contribution in [2.75, 3.05) is 26.2 Å². The quantitative estimate of drug-likeness (QED) is 0.753. The number of piperazine rings is 1. The standard InChI is InChI=1S/C18H17N3O3S2/c19-13-16-3-1-2-4-17(16)26(23,24)21-10-8-20(9-11-21)18(22)6-5-15-7-12-25-14-15/h1-7,12,14H,8-11H2/b6-5+. The summed E-state index contributed by atoms with van der Waals surface area (Å²) in [5, 5.41) is 13.0. The molecular weight excluding hydrogens is 370 g/mol. The highest BCUT2D eigenvalue weighted by atomic mass is 32.2. The minimum absolute atomic E-state index is 0.0135. The van der Waals surface area contributed by atoms with E-state index in [9.17, 15) is 13.2 Å². The lowest BCUT2D eigenvalue weighted by atomic mass is 10.2. The van der Waals surface area contributed by atoms with Crippen LogP contribution < -0.4 is 0 Å². The first kappa shape index (κ1) is 18.3. The molecule has 0 unspecified atom stereocenters. The fourth-order valence-corrected chi connectivity index (χ4v) is 4.91. The zero-order chi connectivity index (χ0) is 18.6. The van der Waals surface area contributed by atoms with E-state index < -0.39 is 10.0 Å². The second kappa shape index (κ2) is 7.83. The second-order valence-electron chi connectivity index (χ2n) is 5.73. The Morgan fingerprint density at radius 2 is 1.88 bits per heavy atom. The summed E-state index contributed by atoms with van der Waals surface area (Å²) in [4.78, 5) is 13.9. The SMILES string of the molecule is N#Cc1ccccc1S(=O)(=O)N1CCN(C(=O)/C=C/c2ccsc2)CC1. The van der Waals surface area contributed by atoms with Crippen LogP contribution in [0, 0.1) is 11.3 Å². The van der Waals surface area contributed by atoms with Crippen molar-refractivity contribution in [3.63, 3.8) is 0 Å². The zero-order valence-corrected chi connectivity index (χ0v) is 15.5. The van der Waals surface area contributed by atoms with Gasteiger partial charge >= 0.3 is 0 Å². The maximum absolute atomic E-state index is 12.8. The molecule has 1 amide bonds. The third-order valence-corrected chi connectivity index (χ3v) is 6.80. The number of benzene rings is 1. The van der Waals surface area contributed by atoms with Crippen LogP contribution >= 0.6 is 11.3 Å². The van der Waals surface area contributed by atoms with E-state index in [0.29, 0.717) is 13.1 Å². The number of carbonyl (C=O) groups excluding carboxylic acids is 1. The Morgan fingerprint density at radius 1 is 1.15 bits per heavy atom. The lowest BCUT2D eigenvalue weighted by Crippen LogP contribution is -2.50. The molecule has 3 rings (SSSR count). The summed E-state index contributed by atoms with van der Waals surface area (Å²) >= 11 is 1.56. The van der Waals surface area contributed by atoms with Crippen molar-refractivity contribution < 1.29 is 13.2 Å². The van der Waals surface area contributed by atoms with Gasteiger partial charge in [0.2, 0.25) is 15.9 Å². The van der Waals surface area contributed by atoms with Gasteiger partial charge in [0, 0.05) is 32.3 Å². The molecule has 0 N–H and O–H groups in total. The van der Waals surface area contributed by atoms with Gasteiger partial charge in [0.25, 0.3) is 0 Å². The molecule has 0 bridgehead atoms. The van der Waals surface area contributed by atoms with Gasteiger partial charge in [-0.15, -0.1) is 0 Å². The Bertz CT molecular complexity index is 952. The highest BCUT2D eigenvalue weighted by Crippen LogP contribution is 2.21. The van der Waals surface area contributed by atoms with E-state index in [2.05, 4.69) is 0 Å². The number of nitrogens with zero attached hydrogens (tertiary/aromatic N) is 3. The molecule has 1 aliphatic heterocycles. The van der Waals surface area contributed by atoms with Crippen LogP contribution in [-0.2, 0) is 14.8 Å². The van der Waals surface area contributed by atoms with Crippen molar-refractivity contribution in [2.45, 2.75) is 4.90 Å². The topological polar surface area (TPSA) is 81.5 Å². The predicted molar refractivity (Wildman–Crippen MR) is 99.8 cm³/mol. The number of nitriles is 1. The van der Waals surface area contributed by atoms with Crippen molar-refractivity contribution in [3.05, 3.63) is 58.3 Å². The Morgan fingerprint density at radius 3 is 2.54 bits per heavy atom. The molecule has 1 aliphatic rings. The first-order chi connectivity index (χ1) is 12.5. The van der Waals surface area contributed by atoms with Gasteiger partial charge in [0.05, 0.1) is 10.5 Å². The second-order valence-corrected chi connectivity index (χ2v) is 8.41. The smallest absolute Gasteiger partial charge is 0.246 e. The molecule has 0 atom stereocenters. The molecule has 2 heterocycles. The summed E-state index contributed by atoms with van der Waals surface area (Å²) < 4.78 is 26.9. The molecule has 1 aromatic carbocycles. The first-order valence-electron chi connectivity index (χ1n) is 8.01. The third kappa shape index (κ3) is 3.85. The van der Waals surface area contributed by atoms with Crippen LogP contribution in [0.1, 0.15) is 11.1 Å². The number of carbonyl (C=O) groups is 1. The zero-order valence-electron chi connectivity index (χ0n) is 13.9. The van der Waals surface area contributed by atoms with E-state index in [-0.39, 0.29) is 29.5 Å². The molecule has 0 saturated carbocycles. The van der Waals surface area contributed by atoms with Crippen molar-refractivity contribution in [3.8, 4) is 6.07 Å². The monoisotopic (exact) mass is 387 g/mol. The van der Waals surface area contributed by atoms with Crippen molar-refractivity contribution in [2.24, 2.45) is 0 Å². The van der Waals surface area contributed by atoms with E-state index in [4.69, 9.17) is 5.26 Å². The number of hydrogen-bond donors (Lipinski definition) is 0. The maximum Gasteiger partial charge on any atom is 0.246 e. The summed E-state index contributed by atoms with van der Waals surface area (Å²) in [5.41, 5.74) is 1.10. The molecule has 8 heteroatoms. The third-order valence-electron chi connectivity index (χ3n) is 4.14. The van der Waals surface area contributed by atoms with Crippen molar-refractivity contribution >= 4 is 33.3 Å². The Hall–Kier alpha value is -2.47. The van der Waals surface area contributed by atoms with Gasteiger partial charge in [-0.25, -0.2) is 8.42 Å². The predicted octanol–water partition coefficient (Wildman–Crippen LogP) is 2.17. The normalized spacial score (nSPS) is 15.9. The summed E-state index contributed by atoms with van der Waals surface area (Å²) in [6.07, 6.45) is 3.27. The van der Waals surface area contributed by atoms with Crippen LogP contribution in [0.25, 0.3) is 6.08 Å². The molecule has 1 saturated heterocycles. The van der Waals surface area contributed by atoms with Crippen LogP contribution in [-0.4, -0.2) is 49.7 Å². The molecule has 0 radical (unpaired) electrons. The van der Waals surface area contributed by atoms with Crippen molar-refractivity contribution in [1.29, 1.82) is 5.26 Å². The maximum atomic E-state index is 12.8. The lowest BCUT2D eigenvalue weighted by molar-refractivity contribution is -0.127. The summed E-state index contributed by atoms with van der Waals surface area (Å²) in [6.45, 7) is 1.06. The Balaban J connectivity index is 1.66. The number of rotatable bonds is 4. The van der Waals surface area contributed by atoms with E-state index in [1.807, 2.05) is 22.9 Å². The van der Waals surface area contributed by atoms with E-state index in [0.717, 1.165) is 5.56 Å². The van der Waals surface area contributed by atoms with Gasteiger partial charge in [-0.2, -0.15) is 20.9 Å². The fourth-order valence-electron chi connectivity index (χ4n) is 2.71. The molecule has 0 aliphatic carbocycles. The molecule has 134 valence electrons. The van der Waals surface area contributed by atoms with Crippen molar-refractivity contribution in [1.82, 2.24) is 9.21 Å². The average molecular weight is 387 g/mol. The summed E-state index contributed by atoms with van der Waals surface area (Å²) in [7, 11) is -3.75. The molecule has 0 spiro atoms. The van der Waals surface area contributed by atoms with Crippen LogP contribution in [0.15, 0.2) is 52.1 Å². The minimum atomic E-state index is -3.75. The molecule has 2 aromatic rings. The Kier molecular flexibility index (Phi) is 5.52. The molecule has 1 fully saturated rings. The van der Waals surface area contributed by atoms with Gasteiger partial charge in [0.1, 0.15) is 6.07 Å². The van der Waals surface area contributed by atoms with Crippen LogP contribution in [0.3, 0.4) is 0 Å². The van der Waals surface area contributed by atoms with Crippen LogP contribution in [0.2, 0.25) is 0 Å². The fraction of sp³-hybridized carbons (Fsp3) is 0.222. The lowest BCUT2D eigenvalue weighted by Gasteiger charge is -2.33. The Labute approximate surface area is 156 Å². The summed E-state index contributed by atoms with van der Waals surface area (Å²) in [5.74, 6) is -0.134. The van der Waals surface area contributed by atoms with Gasteiger partial charge in [0.15, 0.2) is 0 Å². The number of thiophene rings is 1.